The molecule has 0 amide bonds. The van der Waals surface area contributed by atoms with Crippen LogP contribution in [-0.4, -0.2) is 9.55 Å². The molecule has 238 valence electrons. The van der Waals surface area contributed by atoms with E-state index in [-0.39, 0.29) is 6.23 Å². The van der Waals surface area contributed by atoms with E-state index in [1.165, 1.54) is 54.8 Å². The summed E-state index contributed by atoms with van der Waals surface area (Å²) < 4.78 is 11.3. The fourth-order valence-corrected chi connectivity index (χ4v) is 7.92. The van der Waals surface area contributed by atoms with Gasteiger partial charge in [0.25, 0.3) is 5.52 Å². The van der Waals surface area contributed by atoms with Crippen LogP contribution in [0.15, 0.2) is 158 Å². The van der Waals surface area contributed by atoms with Crippen LogP contribution in [0, 0.1) is 0 Å². The zero-order chi connectivity index (χ0) is 33.2. The molecule has 3 heterocycles. The highest BCUT2D eigenvalue weighted by Gasteiger charge is 2.37. The van der Waals surface area contributed by atoms with Gasteiger partial charge in [0.1, 0.15) is 5.82 Å². The number of benzene rings is 7. The second-order valence-electron chi connectivity index (χ2n) is 13.2. The maximum atomic E-state index is 6.60. The molecule has 1 aliphatic heterocycles. The van der Waals surface area contributed by atoms with Crippen LogP contribution in [-0.2, 0) is 0 Å². The Bertz CT molecular complexity index is 2750. The summed E-state index contributed by atoms with van der Waals surface area (Å²) in [5.74, 6) is 1.90. The molecule has 7 aromatic carbocycles. The average molecular weight is 645 g/mol. The fourth-order valence-electron chi connectivity index (χ4n) is 7.92. The summed E-state index contributed by atoms with van der Waals surface area (Å²) in [6.45, 7) is 2.23. The number of hydrogen-bond donors (Lipinski definition) is 0. The molecule has 50 heavy (non-hydrogen) atoms. The van der Waals surface area contributed by atoms with E-state index < -0.39 is 0 Å². The largest absolute Gasteiger partial charge is 0.426 e. The first kappa shape index (κ1) is 28.7. The molecule has 0 bridgehead atoms. The highest BCUT2D eigenvalue weighted by atomic mass is 16.5. The van der Waals surface area contributed by atoms with Crippen LogP contribution >= 0.6 is 0 Å². The van der Waals surface area contributed by atoms with Gasteiger partial charge in [0.2, 0.25) is 5.69 Å². The summed E-state index contributed by atoms with van der Waals surface area (Å²) in [5.41, 5.74) is 10.2. The Hall–Kier alpha value is -6.26. The minimum atomic E-state index is -0.0408. The molecule has 4 nitrogen and oxygen atoms in total. The molecule has 0 fully saturated rings. The Labute approximate surface area is 290 Å². The molecule has 10 rings (SSSR count). The lowest BCUT2D eigenvalue weighted by molar-refractivity contribution is -0.709. The fraction of sp³-hybridized carbons (Fsp3) is 0.0870. The molecule has 1 atom stereocenters. The van der Waals surface area contributed by atoms with Gasteiger partial charge in [-0.3, -0.25) is 4.57 Å². The number of para-hydroxylation sites is 4. The second kappa shape index (κ2) is 11.4. The summed E-state index contributed by atoms with van der Waals surface area (Å²) in [7, 11) is 0. The van der Waals surface area contributed by atoms with E-state index in [1.807, 2.05) is 0 Å². The number of imidazole rings is 1. The van der Waals surface area contributed by atoms with Crippen molar-refractivity contribution < 1.29 is 9.30 Å². The molecular weight excluding hydrogens is 611 g/mol. The molecule has 1 aliphatic rings. The van der Waals surface area contributed by atoms with Crippen molar-refractivity contribution in [2.24, 2.45) is 0 Å². The van der Waals surface area contributed by atoms with E-state index >= 15 is 0 Å². The van der Waals surface area contributed by atoms with Gasteiger partial charge in [-0.1, -0.05) is 104 Å². The molecule has 9 aromatic rings. The van der Waals surface area contributed by atoms with E-state index in [0.717, 1.165) is 46.7 Å². The van der Waals surface area contributed by atoms with Crippen molar-refractivity contribution in [1.82, 2.24) is 9.55 Å². The third kappa shape index (κ3) is 4.45. The molecule has 0 radical (unpaired) electrons. The normalized spacial score (nSPS) is 13.8. The van der Waals surface area contributed by atoms with Gasteiger partial charge >= 0.3 is 6.23 Å². The number of hydrogen-bond acceptors (Lipinski definition) is 2. The lowest BCUT2D eigenvalue weighted by Crippen LogP contribution is -2.41. The van der Waals surface area contributed by atoms with Crippen molar-refractivity contribution in [3.63, 3.8) is 0 Å². The van der Waals surface area contributed by atoms with Gasteiger partial charge in [-0.2, -0.15) is 0 Å². The van der Waals surface area contributed by atoms with Gasteiger partial charge in [-0.05, 0) is 93.7 Å². The first-order chi connectivity index (χ1) is 24.7. The van der Waals surface area contributed by atoms with Gasteiger partial charge < -0.3 is 4.74 Å². The number of fused-ring (bicyclic) bond motifs is 3. The maximum Gasteiger partial charge on any atom is 0.303 e. The molecule has 0 saturated heterocycles. The lowest BCUT2D eigenvalue weighted by Gasteiger charge is -2.15. The first-order valence-electron chi connectivity index (χ1n) is 17.5. The van der Waals surface area contributed by atoms with Crippen molar-refractivity contribution in [2.45, 2.75) is 26.0 Å². The maximum absolute atomic E-state index is 6.60. The monoisotopic (exact) mass is 644 g/mol. The molecule has 2 aromatic heterocycles. The van der Waals surface area contributed by atoms with Gasteiger partial charge in [-0.15, -0.1) is 4.57 Å². The molecule has 4 heteroatoms. The molecule has 0 spiro atoms. The van der Waals surface area contributed by atoms with Crippen LogP contribution in [0.1, 0.15) is 26.0 Å². The minimum Gasteiger partial charge on any atom is -0.426 e. The van der Waals surface area contributed by atoms with Crippen molar-refractivity contribution >= 4 is 43.5 Å². The van der Waals surface area contributed by atoms with Gasteiger partial charge in [0, 0.05) is 23.7 Å². The number of aromatic nitrogens is 3. The average Bonchev–Trinajstić information content (AvgIpc) is 3.75. The Balaban J connectivity index is 1.14. The Morgan fingerprint density at radius 3 is 2.22 bits per heavy atom. The standard InChI is InChI=1S/C46H34N3O/c1-2-11-43-49-41(27-26-31-13-10-19-42(50-43)45(31)49)44-37-16-7-6-12-34(37)28-35-25-24-33(29-38(35)44)30-20-22-32(23-21-30)46-47-39-17-8-9-18-40(39)48(46)36-14-4-3-5-15-36/h3-10,12-29,43H,2,11H2,1H3/q+1. The van der Waals surface area contributed by atoms with Crippen molar-refractivity contribution in [3.05, 3.63) is 158 Å². The van der Waals surface area contributed by atoms with Gasteiger partial charge in [0.15, 0.2) is 5.75 Å². The summed E-state index contributed by atoms with van der Waals surface area (Å²) >= 11 is 0. The predicted octanol–water partition coefficient (Wildman–Crippen LogP) is 11.5. The van der Waals surface area contributed by atoms with E-state index in [9.17, 15) is 0 Å². The van der Waals surface area contributed by atoms with E-state index in [0.29, 0.717) is 0 Å². The summed E-state index contributed by atoms with van der Waals surface area (Å²) in [6, 6.07) is 56.6. The molecular formula is C46H34N3O+. The molecule has 0 N–H and O–H groups in total. The lowest BCUT2D eigenvalue weighted by atomic mass is 9.91. The molecule has 0 aliphatic carbocycles. The Morgan fingerprint density at radius 1 is 0.620 bits per heavy atom. The second-order valence-corrected chi connectivity index (χ2v) is 13.2. The SMILES string of the molecule is CCCC1Oc2cccc3ccc(-c4c5ccccc5cc5ccc(-c6ccc(-c7nc8ccccc8n7-c7ccccc7)cc6)cc45)[n+]1c23. The Morgan fingerprint density at radius 2 is 1.34 bits per heavy atom. The zero-order valence-corrected chi connectivity index (χ0v) is 27.8. The summed E-state index contributed by atoms with van der Waals surface area (Å²) in [4.78, 5) is 5.09. The van der Waals surface area contributed by atoms with Crippen molar-refractivity contribution in [3.8, 4) is 45.2 Å². The third-order valence-corrected chi connectivity index (χ3v) is 10.2. The van der Waals surface area contributed by atoms with E-state index in [2.05, 4.69) is 174 Å². The third-order valence-electron chi connectivity index (χ3n) is 10.2. The smallest absolute Gasteiger partial charge is 0.303 e. The van der Waals surface area contributed by atoms with Gasteiger partial charge in [0.05, 0.1) is 22.0 Å². The quantitative estimate of drug-likeness (QED) is 0.133. The van der Waals surface area contributed by atoms with Crippen LogP contribution in [0.5, 0.6) is 5.75 Å². The minimum absolute atomic E-state index is 0.0408. The van der Waals surface area contributed by atoms with Crippen LogP contribution in [0.2, 0.25) is 0 Å². The first-order valence-corrected chi connectivity index (χ1v) is 17.5. The zero-order valence-electron chi connectivity index (χ0n) is 27.8. The molecule has 0 saturated carbocycles. The number of pyridine rings is 1. The van der Waals surface area contributed by atoms with Crippen LogP contribution < -0.4 is 9.30 Å². The van der Waals surface area contributed by atoms with Crippen molar-refractivity contribution in [2.75, 3.05) is 0 Å². The van der Waals surface area contributed by atoms with Gasteiger partial charge in [-0.25, -0.2) is 4.98 Å². The predicted molar refractivity (Wildman–Crippen MR) is 205 cm³/mol. The Kier molecular flexibility index (Phi) is 6.56. The highest BCUT2D eigenvalue weighted by Crippen LogP contribution is 2.41. The molecule has 1 unspecified atom stereocenters. The summed E-state index contributed by atoms with van der Waals surface area (Å²) in [5, 5.41) is 6.15. The number of rotatable bonds is 6. The number of ether oxygens (including phenoxy) is 1. The van der Waals surface area contributed by atoms with E-state index in [1.54, 1.807) is 0 Å². The van der Waals surface area contributed by atoms with Crippen molar-refractivity contribution in [1.29, 1.82) is 0 Å². The number of nitrogens with zero attached hydrogens (tertiary/aromatic N) is 3. The summed E-state index contributed by atoms with van der Waals surface area (Å²) in [6.07, 6.45) is 1.95. The highest BCUT2D eigenvalue weighted by molar-refractivity contribution is 6.12. The topological polar surface area (TPSA) is 30.9 Å². The van der Waals surface area contributed by atoms with Crippen LogP contribution in [0.25, 0.3) is 82.9 Å². The van der Waals surface area contributed by atoms with Crippen LogP contribution in [0.4, 0.5) is 0 Å². The van der Waals surface area contributed by atoms with Crippen LogP contribution in [0.3, 0.4) is 0 Å². The van der Waals surface area contributed by atoms with E-state index in [4.69, 9.17) is 9.72 Å².